The minimum absolute atomic E-state index is 0.0176. The molecular formula is C16H24FN3O. The first-order valence-electron chi connectivity index (χ1n) is 7.43. The van der Waals surface area contributed by atoms with Crippen LogP contribution in [0.15, 0.2) is 18.3 Å². The van der Waals surface area contributed by atoms with E-state index in [1.54, 1.807) is 0 Å². The number of ketones is 1. The van der Waals surface area contributed by atoms with Crippen molar-refractivity contribution in [2.75, 3.05) is 33.7 Å². The van der Waals surface area contributed by atoms with Gasteiger partial charge in [0.2, 0.25) is 0 Å². The van der Waals surface area contributed by atoms with E-state index in [9.17, 15) is 9.18 Å². The molecule has 21 heavy (non-hydrogen) atoms. The lowest BCUT2D eigenvalue weighted by atomic mass is 10.0. The van der Waals surface area contributed by atoms with Crippen LogP contribution in [0.1, 0.15) is 24.3 Å². The number of pyridine rings is 1. The van der Waals surface area contributed by atoms with Gasteiger partial charge in [-0.1, -0.05) is 13.8 Å². The normalized spacial score (nSPS) is 24.5. The summed E-state index contributed by atoms with van der Waals surface area (Å²) in [6.07, 6.45) is 1.10. The van der Waals surface area contributed by atoms with Crippen molar-refractivity contribution in [1.82, 2.24) is 14.8 Å². The zero-order valence-corrected chi connectivity index (χ0v) is 13.2. The Bertz CT molecular complexity index is 489. The first-order chi connectivity index (χ1) is 9.88. The van der Waals surface area contributed by atoms with E-state index in [0.29, 0.717) is 17.7 Å². The number of likely N-dealkylation sites (N-methyl/N-ethyl adjacent to an activating group) is 1. The van der Waals surface area contributed by atoms with E-state index in [2.05, 4.69) is 35.8 Å². The standard InChI is InChI=1S/C16H24FN3O/c1-11-8-20(10-15(11)19(3)4)9-12(2)16(21)14-6-5-13(17)7-18-14/h5-7,11-12,15H,8-10H2,1-4H3. The van der Waals surface area contributed by atoms with Gasteiger partial charge in [-0.15, -0.1) is 0 Å². The van der Waals surface area contributed by atoms with Gasteiger partial charge in [-0.2, -0.15) is 0 Å². The molecule has 0 amide bonds. The predicted molar refractivity (Wildman–Crippen MR) is 80.8 cm³/mol. The van der Waals surface area contributed by atoms with Crippen molar-refractivity contribution in [2.45, 2.75) is 19.9 Å². The third-order valence-corrected chi connectivity index (χ3v) is 4.27. The maximum atomic E-state index is 12.9. The molecule has 1 aliphatic rings. The van der Waals surface area contributed by atoms with Gasteiger partial charge >= 0.3 is 0 Å². The minimum Gasteiger partial charge on any atom is -0.305 e. The largest absolute Gasteiger partial charge is 0.305 e. The Balaban J connectivity index is 1.94. The molecule has 1 aliphatic heterocycles. The third-order valence-electron chi connectivity index (χ3n) is 4.27. The highest BCUT2D eigenvalue weighted by Gasteiger charge is 2.32. The van der Waals surface area contributed by atoms with Gasteiger partial charge < -0.3 is 9.80 Å². The Morgan fingerprint density at radius 2 is 2.19 bits per heavy atom. The lowest BCUT2D eigenvalue weighted by molar-refractivity contribution is 0.0895. The van der Waals surface area contributed by atoms with Crippen LogP contribution >= 0.6 is 0 Å². The highest BCUT2D eigenvalue weighted by atomic mass is 19.1. The van der Waals surface area contributed by atoms with Gasteiger partial charge in [0, 0.05) is 31.6 Å². The van der Waals surface area contributed by atoms with Crippen LogP contribution in [0.25, 0.3) is 0 Å². The zero-order chi connectivity index (χ0) is 15.6. The maximum absolute atomic E-state index is 12.9. The van der Waals surface area contributed by atoms with Gasteiger partial charge in [0.15, 0.2) is 5.78 Å². The van der Waals surface area contributed by atoms with Crippen LogP contribution in [0.5, 0.6) is 0 Å². The third kappa shape index (κ3) is 3.86. The molecule has 0 bridgehead atoms. The first-order valence-corrected chi connectivity index (χ1v) is 7.43. The number of halogens is 1. The summed E-state index contributed by atoms with van der Waals surface area (Å²) in [5, 5.41) is 0. The molecule has 1 saturated heterocycles. The summed E-state index contributed by atoms with van der Waals surface area (Å²) in [5.41, 5.74) is 0.348. The number of carbonyl (C=O) groups excluding carboxylic acids is 1. The van der Waals surface area contributed by atoms with Gasteiger partial charge in [0.1, 0.15) is 11.5 Å². The van der Waals surface area contributed by atoms with Gasteiger partial charge in [0.25, 0.3) is 0 Å². The number of aromatic nitrogens is 1. The van der Waals surface area contributed by atoms with Crippen molar-refractivity contribution in [3.8, 4) is 0 Å². The van der Waals surface area contributed by atoms with E-state index in [1.165, 1.54) is 12.1 Å². The molecule has 5 heteroatoms. The Morgan fingerprint density at radius 1 is 1.48 bits per heavy atom. The fourth-order valence-corrected chi connectivity index (χ4v) is 3.11. The molecule has 0 saturated carbocycles. The zero-order valence-electron chi connectivity index (χ0n) is 13.2. The van der Waals surface area contributed by atoms with Crippen LogP contribution in [-0.4, -0.2) is 60.3 Å². The molecule has 2 heterocycles. The average Bonchev–Trinajstić information content (AvgIpc) is 2.79. The SMILES string of the molecule is CC(CN1CC(C)C(N(C)C)C1)C(=O)c1ccc(F)cn1. The van der Waals surface area contributed by atoms with Crippen molar-refractivity contribution in [3.05, 3.63) is 29.8 Å². The quantitative estimate of drug-likeness (QED) is 0.777. The van der Waals surface area contributed by atoms with Gasteiger partial charge in [-0.05, 0) is 32.1 Å². The summed E-state index contributed by atoms with van der Waals surface area (Å²) in [5.74, 6) is 0.0414. The van der Waals surface area contributed by atoms with E-state index in [0.717, 1.165) is 25.8 Å². The highest BCUT2D eigenvalue weighted by molar-refractivity contribution is 5.95. The van der Waals surface area contributed by atoms with Gasteiger partial charge in [-0.3, -0.25) is 9.78 Å². The van der Waals surface area contributed by atoms with Gasteiger partial charge in [-0.25, -0.2) is 4.39 Å². The smallest absolute Gasteiger partial charge is 0.185 e. The molecule has 3 atom stereocenters. The van der Waals surface area contributed by atoms with Crippen LogP contribution in [0.2, 0.25) is 0 Å². The topological polar surface area (TPSA) is 36.4 Å². The van der Waals surface area contributed by atoms with Crippen molar-refractivity contribution < 1.29 is 9.18 Å². The van der Waals surface area contributed by atoms with E-state index < -0.39 is 5.82 Å². The molecule has 0 aromatic carbocycles. The lowest BCUT2D eigenvalue weighted by Gasteiger charge is -2.23. The molecular weight excluding hydrogens is 269 g/mol. The summed E-state index contributed by atoms with van der Waals surface area (Å²) in [6.45, 7) is 6.90. The van der Waals surface area contributed by atoms with Crippen LogP contribution in [0.4, 0.5) is 4.39 Å². The molecule has 4 nitrogen and oxygen atoms in total. The Kier molecular flexibility index (Phi) is 5.06. The number of nitrogens with zero attached hydrogens (tertiary/aromatic N) is 3. The van der Waals surface area contributed by atoms with E-state index in [4.69, 9.17) is 0 Å². The molecule has 0 N–H and O–H groups in total. The van der Waals surface area contributed by atoms with Crippen molar-refractivity contribution in [2.24, 2.45) is 11.8 Å². The number of likely N-dealkylation sites (tertiary alicyclic amines) is 1. The highest BCUT2D eigenvalue weighted by Crippen LogP contribution is 2.21. The van der Waals surface area contributed by atoms with Gasteiger partial charge in [0.05, 0.1) is 6.20 Å². The van der Waals surface area contributed by atoms with Crippen molar-refractivity contribution in [1.29, 1.82) is 0 Å². The second-order valence-electron chi connectivity index (χ2n) is 6.35. The van der Waals surface area contributed by atoms with E-state index in [1.807, 2.05) is 6.92 Å². The molecule has 0 radical (unpaired) electrons. The number of rotatable bonds is 5. The van der Waals surface area contributed by atoms with Crippen molar-refractivity contribution >= 4 is 5.78 Å². The number of hydrogen-bond acceptors (Lipinski definition) is 4. The molecule has 116 valence electrons. The Labute approximate surface area is 126 Å². The van der Waals surface area contributed by atoms with Crippen molar-refractivity contribution in [3.63, 3.8) is 0 Å². The Hall–Kier alpha value is -1.33. The second kappa shape index (κ2) is 6.62. The number of hydrogen-bond donors (Lipinski definition) is 0. The Morgan fingerprint density at radius 3 is 2.71 bits per heavy atom. The number of carbonyl (C=O) groups is 1. The maximum Gasteiger partial charge on any atom is 0.185 e. The monoisotopic (exact) mass is 293 g/mol. The summed E-state index contributed by atoms with van der Waals surface area (Å²) in [4.78, 5) is 20.8. The lowest BCUT2D eigenvalue weighted by Crippen LogP contribution is -2.36. The van der Waals surface area contributed by atoms with Crippen LogP contribution in [-0.2, 0) is 0 Å². The summed E-state index contributed by atoms with van der Waals surface area (Å²) < 4.78 is 12.9. The first kappa shape index (κ1) is 16.0. The second-order valence-corrected chi connectivity index (χ2v) is 6.35. The summed E-state index contributed by atoms with van der Waals surface area (Å²) in [7, 11) is 4.20. The fourth-order valence-electron chi connectivity index (χ4n) is 3.11. The number of Topliss-reactive ketones (excluding diaryl/α,β-unsaturated/α-hetero) is 1. The fraction of sp³-hybridized carbons (Fsp3) is 0.625. The van der Waals surface area contributed by atoms with Crippen LogP contribution < -0.4 is 0 Å². The van der Waals surface area contributed by atoms with E-state index >= 15 is 0 Å². The van der Waals surface area contributed by atoms with E-state index in [-0.39, 0.29) is 11.7 Å². The molecule has 1 aromatic heterocycles. The average molecular weight is 293 g/mol. The summed E-state index contributed by atoms with van der Waals surface area (Å²) in [6, 6.07) is 3.28. The molecule has 0 spiro atoms. The molecule has 2 rings (SSSR count). The van der Waals surface area contributed by atoms with Crippen LogP contribution in [0, 0.1) is 17.7 Å². The predicted octanol–water partition coefficient (Wildman–Crippen LogP) is 1.92. The summed E-state index contributed by atoms with van der Waals surface area (Å²) >= 11 is 0. The van der Waals surface area contributed by atoms with Crippen LogP contribution in [0.3, 0.4) is 0 Å². The molecule has 0 aliphatic carbocycles. The minimum atomic E-state index is -0.415. The molecule has 1 fully saturated rings. The molecule has 1 aromatic rings. The molecule has 3 unspecified atom stereocenters.